The molecule has 0 spiro atoms. The molecule has 0 saturated carbocycles. The summed E-state index contributed by atoms with van der Waals surface area (Å²) in [5, 5.41) is 4.38. The van der Waals surface area contributed by atoms with E-state index in [9.17, 15) is 0 Å². The van der Waals surface area contributed by atoms with E-state index >= 15 is 0 Å². The van der Waals surface area contributed by atoms with Gasteiger partial charge >= 0.3 is 0 Å². The van der Waals surface area contributed by atoms with Crippen molar-refractivity contribution >= 4 is 5.69 Å². The number of anilines is 1. The first-order chi connectivity index (χ1) is 10.1. The van der Waals surface area contributed by atoms with Crippen LogP contribution >= 0.6 is 0 Å². The third kappa shape index (κ3) is 2.35. The second-order valence-corrected chi connectivity index (χ2v) is 6.41. The van der Waals surface area contributed by atoms with Gasteiger partial charge in [0.05, 0.1) is 0 Å². The molecule has 3 rings (SSSR count). The highest BCUT2D eigenvalue weighted by atomic mass is 16.5. The molecule has 1 aliphatic carbocycles. The lowest BCUT2D eigenvalue weighted by molar-refractivity contribution is 0.379. The lowest BCUT2D eigenvalue weighted by Gasteiger charge is -2.27. The summed E-state index contributed by atoms with van der Waals surface area (Å²) in [7, 11) is 0. The van der Waals surface area contributed by atoms with E-state index in [0.717, 1.165) is 37.3 Å². The van der Waals surface area contributed by atoms with Crippen LogP contribution in [0.4, 0.5) is 5.69 Å². The maximum absolute atomic E-state index is 5.34. The van der Waals surface area contributed by atoms with Gasteiger partial charge in [0.1, 0.15) is 17.6 Å². The van der Waals surface area contributed by atoms with Crippen molar-refractivity contribution in [1.82, 2.24) is 5.16 Å². The van der Waals surface area contributed by atoms with Crippen molar-refractivity contribution < 1.29 is 4.52 Å². The van der Waals surface area contributed by atoms with Gasteiger partial charge < -0.3 is 9.42 Å². The normalized spacial score (nSPS) is 20.6. The molecule has 0 amide bonds. The molecule has 0 aliphatic heterocycles. The van der Waals surface area contributed by atoms with E-state index in [1.54, 1.807) is 0 Å². The number of hydrogen-bond acceptors (Lipinski definition) is 3. The van der Waals surface area contributed by atoms with Crippen molar-refractivity contribution in [3.8, 4) is 0 Å². The van der Waals surface area contributed by atoms with Gasteiger partial charge in [-0.2, -0.15) is 0 Å². The number of hydrogen-bond donors (Lipinski definition) is 0. The summed E-state index contributed by atoms with van der Waals surface area (Å²) in [6.45, 7) is 10.8. The SMILES string of the molecule is CCN(CC)c1conc1C1(C)Cc2ccc(C)cc2C1. The predicted octanol–water partition coefficient (Wildman–Crippen LogP) is 3.89. The first-order valence-electron chi connectivity index (χ1n) is 7.85. The van der Waals surface area contributed by atoms with Gasteiger partial charge in [-0.25, -0.2) is 0 Å². The predicted molar refractivity (Wildman–Crippen MR) is 86.0 cm³/mol. The van der Waals surface area contributed by atoms with Crippen molar-refractivity contribution in [2.75, 3.05) is 18.0 Å². The maximum atomic E-state index is 5.34. The monoisotopic (exact) mass is 284 g/mol. The van der Waals surface area contributed by atoms with Gasteiger partial charge in [0.2, 0.25) is 0 Å². The van der Waals surface area contributed by atoms with Crippen LogP contribution in [0, 0.1) is 6.92 Å². The van der Waals surface area contributed by atoms with E-state index in [0.29, 0.717) is 0 Å². The third-order valence-electron chi connectivity index (χ3n) is 4.75. The van der Waals surface area contributed by atoms with Crippen LogP contribution in [0.15, 0.2) is 29.0 Å². The molecule has 2 aromatic rings. The first kappa shape index (κ1) is 14.2. The van der Waals surface area contributed by atoms with E-state index in [2.05, 4.69) is 56.0 Å². The summed E-state index contributed by atoms with van der Waals surface area (Å²) < 4.78 is 5.34. The van der Waals surface area contributed by atoms with Gasteiger partial charge in [-0.05, 0) is 44.7 Å². The molecule has 3 heteroatoms. The molecule has 1 atom stereocenters. The van der Waals surface area contributed by atoms with Crippen molar-refractivity contribution in [3.63, 3.8) is 0 Å². The lowest BCUT2D eigenvalue weighted by atomic mass is 9.83. The molecule has 21 heavy (non-hydrogen) atoms. The van der Waals surface area contributed by atoms with Crippen LogP contribution in [0.5, 0.6) is 0 Å². The average Bonchev–Trinajstić information content (AvgIpc) is 3.05. The summed E-state index contributed by atoms with van der Waals surface area (Å²) in [4.78, 5) is 2.32. The highest BCUT2D eigenvalue weighted by Gasteiger charge is 2.39. The Hall–Kier alpha value is -1.77. The Morgan fingerprint density at radius 3 is 2.62 bits per heavy atom. The summed E-state index contributed by atoms with van der Waals surface area (Å²) in [6, 6.07) is 6.80. The van der Waals surface area contributed by atoms with Crippen LogP contribution in [0.1, 0.15) is 43.2 Å². The van der Waals surface area contributed by atoms with Crippen LogP contribution in [0.25, 0.3) is 0 Å². The molecule has 1 heterocycles. The maximum Gasteiger partial charge on any atom is 0.147 e. The molecular weight excluding hydrogens is 260 g/mol. The molecular formula is C18H24N2O. The van der Waals surface area contributed by atoms with E-state index in [4.69, 9.17) is 4.52 Å². The highest BCUT2D eigenvalue weighted by Crippen LogP contribution is 2.42. The number of aromatic nitrogens is 1. The van der Waals surface area contributed by atoms with Crippen molar-refractivity contribution in [1.29, 1.82) is 0 Å². The second-order valence-electron chi connectivity index (χ2n) is 6.41. The Morgan fingerprint density at radius 2 is 1.90 bits per heavy atom. The summed E-state index contributed by atoms with van der Waals surface area (Å²) >= 11 is 0. The number of nitrogens with zero attached hydrogens (tertiary/aromatic N) is 2. The van der Waals surface area contributed by atoms with Gasteiger partial charge in [-0.15, -0.1) is 0 Å². The molecule has 1 aromatic heterocycles. The van der Waals surface area contributed by atoms with Crippen LogP contribution in [-0.4, -0.2) is 18.2 Å². The van der Waals surface area contributed by atoms with E-state index in [-0.39, 0.29) is 5.41 Å². The zero-order valence-corrected chi connectivity index (χ0v) is 13.4. The largest absolute Gasteiger partial charge is 0.368 e. The van der Waals surface area contributed by atoms with Gasteiger partial charge in [-0.1, -0.05) is 35.8 Å². The lowest BCUT2D eigenvalue weighted by Crippen LogP contribution is -2.29. The Kier molecular flexibility index (Phi) is 3.52. The minimum atomic E-state index is 0.0427. The zero-order chi connectivity index (χ0) is 15.0. The summed E-state index contributed by atoms with van der Waals surface area (Å²) in [5.41, 5.74) is 6.57. The topological polar surface area (TPSA) is 29.3 Å². The Balaban J connectivity index is 1.97. The van der Waals surface area contributed by atoms with Gasteiger partial charge in [-0.3, -0.25) is 0 Å². The number of rotatable bonds is 4. The standard InChI is InChI=1S/C18H24N2O/c1-5-20(6-2)16-12-21-19-17(16)18(4)10-14-8-7-13(3)9-15(14)11-18/h7-9,12H,5-6,10-11H2,1-4H3. The quantitative estimate of drug-likeness (QED) is 0.853. The van der Waals surface area contributed by atoms with Crippen LogP contribution in [-0.2, 0) is 18.3 Å². The first-order valence-corrected chi connectivity index (χ1v) is 7.85. The van der Waals surface area contributed by atoms with Crippen molar-refractivity contribution in [2.24, 2.45) is 0 Å². The fraction of sp³-hybridized carbons (Fsp3) is 0.500. The van der Waals surface area contributed by atoms with Gasteiger partial charge in [0.15, 0.2) is 0 Å². The smallest absolute Gasteiger partial charge is 0.147 e. The Bertz CT molecular complexity index is 642. The highest BCUT2D eigenvalue weighted by molar-refractivity contribution is 5.54. The molecule has 1 unspecified atom stereocenters. The molecule has 0 bridgehead atoms. The van der Waals surface area contributed by atoms with Gasteiger partial charge in [0.25, 0.3) is 0 Å². The molecule has 0 N–H and O–H groups in total. The van der Waals surface area contributed by atoms with E-state index in [1.165, 1.54) is 16.7 Å². The average molecular weight is 284 g/mol. The second kappa shape index (κ2) is 5.21. The Morgan fingerprint density at radius 1 is 1.19 bits per heavy atom. The van der Waals surface area contributed by atoms with E-state index < -0.39 is 0 Å². The van der Waals surface area contributed by atoms with Crippen LogP contribution in [0.2, 0.25) is 0 Å². The molecule has 0 saturated heterocycles. The zero-order valence-electron chi connectivity index (χ0n) is 13.4. The van der Waals surface area contributed by atoms with E-state index in [1.807, 2.05) is 6.26 Å². The molecule has 112 valence electrons. The number of fused-ring (bicyclic) bond motifs is 1. The summed E-state index contributed by atoms with van der Waals surface area (Å²) in [6.07, 6.45) is 3.90. The molecule has 1 aromatic carbocycles. The number of benzene rings is 1. The Labute approximate surface area is 126 Å². The fourth-order valence-electron chi connectivity index (χ4n) is 3.60. The summed E-state index contributed by atoms with van der Waals surface area (Å²) in [5.74, 6) is 0. The minimum Gasteiger partial charge on any atom is -0.368 e. The molecule has 0 radical (unpaired) electrons. The van der Waals surface area contributed by atoms with Crippen LogP contribution < -0.4 is 4.90 Å². The molecule has 0 fully saturated rings. The van der Waals surface area contributed by atoms with Crippen molar-refractivity contribution in [2.45, 2.75) is 46.0 Å². The van der Waals surface area contributed by atoms with Crippen LogP contribution in [0.3, 0.4) is 0 Å². The number of aryl methyl sites for hydroxylation is 1. The third-order valence-corrected chi connectivity index (χ3v) is 4.75. The van der Waals surface area contributed by atoms with Gasteiger partial charge in [0, 0.05) is 18.5 Å². The van der Waals surface area contributed by atoms with Crippen molar-refractivity contribution in [3.05, 3.63) is 46.8 Å². The minimum absolute atomic E-state index is 0.0427. The fourth-order valence-corrected chi connectivity index (χ4v) is 3.60. The molecule has 3 nitrogen and oxygen atoms in total. The molecule has 1 aliphatic rings.